The van der Waals surface area contributed by atoms with Crippen molar-refractivity contribution in [2.45, 2.75) is 69.5 Å². The Morgan fingerprint density at radius 3 is 1.90 bits per heavy atom. The van der Waals surface area contributed by atoms with Crippen molar-refractivity contribution in [1.29, 1.82) is 0 Å². The first-order chi connectivity index (χ1) is 9.33. The second-order valence-corrected chi connectivity index (χ2v) is 7.49. The summed E-state index contributed by atoms with van der Waals surface area (Å²) in [6, 6.07) is 0. The number of ether oxygens (including phenoxy) is 2. The monoisotopic (exact) mass is 330 g/mol. The molecule has 1 aliphatic rings. The number of rotatable bonds is 4. The van der Waals surface area contributed by atoms with Crippen LogP contribution in [0.4, 0.5) is 8.78 Å². The van der Waals surface area contributed by atoms with Gasteiger partial charge in [-0.05, 0) is 46.5 Å². The van der Waals surface area contributed by atoms with Crippen molar-refractivity contribution in [2.24, 2.45) is 0 Å². The molecule has 21 heavy (non-hydrogen) atoms. The van der Waals surface area contributed by atoms with Crippen LogP contribution in [0.15, 0.2) is 0 Å². The van der Waals surface area contributed by atoms with Gasteiger partial charge in [-0.15, -0.1) is 0 Å². The summed E-state index contributed by atoms with van der Waals surface area (Å²) in [6.45, 7) is 5.68. The zero-order valence-electron chi connectivity index (χ0n) is 12.1. The molecule has 0 bridgehead atoms. The van der Waals surface area contributed by atoms with Crippen molar-refractivity contribution in [3.8, 4) is 0 Å². The van der Waals surface area contributed by atoms with E-state index in [4.69, 9.17) is 9.29 Å². The Balaban J connectivity index is 2.52. The Labute approximate surface area is 122 Å². The van der Waals surface area contributed by atoms with E-state index < -0.39 is 27.4 Å². The topological polar surface area (TPSA) is 89.9 Å². The molecule has 9 heteroatoms. The number of carbonyl (C=O) groups excluding carboxylic acids is 1. The summed E-state index contributed by atoms with van der Waals surface area (Å²) in [5, 5.41) is -4.94. The summed E-state index contributed by atoms with van der Waals surface area (Å²) in [5.41, 5.74) is -0.327. The lowest BCUT2D eigenvalue weighted by Gasteiger charge is -2.33. The van der Waals surface area contributed by atoms with Crippen molar-refractivity contribution in [2.75, 3.05) is 0 Å². The minimum atomic E-state index is -5.82. The standard InChI is InChI=1S/C12H20F2O6S/c1-11(2,3)20-9-6-4-8(5-7-9)19-10(15)12(13,14)21(16,17)18/h8-9H,4-7H2,1-3H3,(H,16,17,18). The van der Waals surface area contributed by atoms with Gasteiger partial charge in [-0.2, -0.15) is 17.2 Å². The van der Waals surface area contributed by atoms with Crippen molar-refractivity contribution < 1.29 is 36.0 Å². The molecule has 0 aromatic carbocycles. The van der Waals surface area contributed by atoms with Crippen LogP contribution in [-0.2, 0) is 24.4 Å². The molecule has 0 spiro atoms. The van der Waals surface area contributed by atoms with E-state index in [1.807, 2.05) is 20.8 Å². The normalized spacial score (nSPS) is 24.7. The lowest BCUT2D eigenvalue weighted by molar-refractivity contribution is -0.171. The summed E-state index contributed by atoms with van der Waals surface area (Å²) in [7, 11) is -5.82. The number of esters is 1. The molecule has 0 heterocycles. The van der Waals surface area contributed by atoms with Crippen LogP contribution >= 0.6 is 0 Å². The van der Waals surface area contributed by atoms with Gasteiger partial charge >= 0.3 is 21.3 Å². The van der Waals surface area contributed by atoms with Crippen LogP contribution in [0.25, 0.3) is 0 Å². The van der Waals surface area contributed by atoms with Gasteiger partial charge in [-0.1, -0.05) is 0 Å². The molecule has 1 rings (SSSR count). The van der Waals surface area contributed by atoms with E-state index in [1.165, 1.54) is 0 Å². The Kier molecular flexibility index (Phi) is 5.33. The average molecular weight is 330 g/mol. The number of hydrogen-bond donors (Lipinski definition) is 1. The molecule has 0 radical (unpaired) electrons. The first kappa shape index (κ1) is 18.2. The molecule has 1 N–H and O–H groups in total. The van der Waals surface area contributed by atoms with Crippen LogP contribution in [0.2, 0.25) is 0 Å². The molecule has 1 saturated carbocycles. The zero-order chi connectivity index (χ0) is 16.5. The van der Waals surface area contributed by atoms with Gasteiger partial charge in [-0.25, -0.2) is 4.79 Å². The number of carbonyl (C=O) groups is 1. The van der Waals surface area contributed by atoms with Crippen molar-refractivity contribution in [3.05, 3.63) is 0 Å². The molecule has 6 nitrogen and oxygen atoms in total. The van der Waals surface area contributed by atoms with Gasteiger partial charge in [0.15, 0.2) is 0 Å². The van der Waals surface area contributed by atoms with E-state index in [2.05, 4.69) is 4.74 Å². The van der Waals surface area contributed by atoms with Gasteiger partial charge in [0.2, 0.25) is 0 Å². The molecule has 0 aromatic rings. The van der Waals surface area contributed by atoms with E-state index in [0.717, 1.165) is 0 Å². The van der Waals surface area contributed by atoms with E-state index >= 15 is 0 Å². The smallest absolute Gasteiger partial charge is 0.457 e. The molecule has 0 aliphatic heterocycles. The largest absolute Gasteiger partial charge is 0.465 e. The van der Waals surface area contributed by atoms with Gasteiger partial charge in [0.05, 0.1) is 11.7 Å². The number of alkyl halides is 2. The fourth-order valence-electron chi connectivity index (χ4n) is 2.09. The molecule has 0 saturated heterocycles. The van der Waals surface area contributed by atoms with Crippen molar-refractivity contribution in [3.63, 3.8) is 0 Å². The van der Waals surface area contributed by atoms with Gasteiger partial charge in [0, 0.05) is 0 Å². The highest BCUT2D eigenvalue weighted by Crippen LogP contribution is 2.29. The Morgan fingerprint density at radius 2 is 1.52 bits per heavy atom. The second-order valence-electron chi connectivity index (χ2n) is 6.03. The summed E-state index contributed by atoms with van der Waals surface area (Å²) >= 11 is 0. The maximum atomic E-state index is 13.0. The fourth-order valence-corrected chi connectivity index (χ4v) is 2.35. The lowest BCUT2D eigenvalue weighted by atomic mass is 9.94. The van der Waals surface area contributed by atoms with Crippen LogP contribution in [0.5, 0.6) is 0 Å². The first-order valence-electron chi connectivity index (χ1n) is 6.56. The second kappa shape index (κ2) is 6.13. The Morgan fingerprint density at radius 1 is 1.10 bits per heavy atom. The molecular formula is C12H20F2O6S. The van der Waals surface area contributed by atoms with Crippen LogP contribution in [0.1, 0.15) is 46.5 Å². The van der Waals surface area contributed by atoms with E-state index in [0.29, 0.717) is 25.7 Å². The predicted octanol–water partition coefficient (Wildman–Crippen LogP) is 2.14. The SMILES string of the molecule is CC(C)(C)OC1CCC(OC(=O)C(F)(F)S(=O)(=O)O)CC1. The fraction of sp³-hybridized carbons (Fsp3) is 0.917. The highest BCUT2D eigenvalue weighted by Gasteiger charge is 2.54. The minimum Gasteiger partial charge on any atom is -0.457 e. The molecular weight excluding hydrogens is 310 g/mol. The zero-order valence-corrected chi connectivity index (χ0v) is 13.0. The molecule has 0 aromatic heterocycles. The van der Waals surface area contributed by atoms with Gasteiger partial charge in [-0.3, -0.25) is 4.55 Å². The highest BCUT2D eigenvalue weighted by molar-refractivity contribution is 7.87. The van der Waals surface area contributed by atoms with Crippen molar-refractivity contribution >= 4 is 16.1 Å². The van der Waals surface area contributed by atoms with Crippen molar-refractivity contribution in [1.82, 2.24) is 0 Å². The van der Waals surface area contributed by atoms with Gasteiger partial charge in [0.25, 0.3) is 0 Å². The third-order valence-corrected chi connectivity index (χ3v) is 3.79. The first-order valence-corrected chi connectivity index (χ1v) is 8.00. The average Bonchev–Trinajstić information content (AvgIpc) is 2.28. The molecule has 124 valence electrons. The van der Waals surface area contributed by atoms with Gasteiger partial charge < -0.3 is 9.47 Å². The number of halogens is 2. The quantitative estimate of drug-likeness (QED) is 0.627. The molecule has 1 aliphatic carbocycles. The van der Waals surface area contributed by atoms with Crippen LogP contribution in [0, 0.1) is 0 Å². The third-order valence-electron chi connectivity index (χ3n) is 2.98. The van der Waals surface area contributed by atoms with E-state index in [1.54, 1.807) is 0 Å². The van der Waals surface area contributed by atoms with Gasteiger partial charge in [0.1, 0.15) is 6.10 Å². The Bertz CT molecular complexity index is 474. The van der Waals surface area contributed by atoms with E-state index in [-0.39, 0.29) is 11.7 Å². The maximum Gasteiger partial charge on any atom is 0.465 e. The number of hydrogen-bond acceptors (Lipinski definition) is 5. The van der Waals surface area contributed by atoms with Crippen LogP contribution in [-0.4, -0.2) is 42.0 Å². The third kappa shape index (κ3) is 5.15. The molecule has 0 unspecified atom stereocenters. The maximum absolute atomic E-state index is 13.0. The Hall–Kier alpha value is -0.800. The molecule has 0 atom stereocenters. The summed E-state index contributed by atoms with van der Waals surface area (Å²) in [5.74, 6) is -2.25. The highest BCUT2D eigenvalue weighted by atomic mass is 32.2. The summed E-state index contributed by atoms with van der Waals surface area (Å²) in [6.07, 6.45) is 0.786. The predicted molar refractivity (Wildman–Crippen MR) is 69.5 cm³/mol. The van der Waals surface area contributed by atoms with E-state index in [9.17, 15) is 22.0 Å². The summed E-state index contributed by atoms with van der Waals surface area (Å²) in [4.78, 5) is 11.1. The minimum absolute atomic E-state index is 0.0537. The molecule has 1 fully saturated rings. The van der Waals surface area contributed by atoms with Crippen LogP contribution in [0.3, 0.4) is 0 Å². The lowest BCUT2D eigenvalue weighted by Crippen LogP contribution is -2.42. The molecule has 0 amide bonds. The summed E-state index contributed by atoms with van der Waals surface area (Å²) < 4.78 is 65.5. The van der Waals surface area contributed by atoms with Crippen LogP contribution < -0.4 is 0 Å².